The summed E-state index contributed by atoms with van der Waals surface area (Å²) in [4.78, 5) is 118. The molecule has 0 rings (SSSR count). The molecule has 0 aromatic carbocycles. The minimum absolute atomic E-state index is 0.0211. The molecule has 0 aliphatic rings. The van der Waals surface area contributed by atoms with E-state index in [1.54, 1.807) is 7.05 Å². The van der Waals surface area contributed by atoms with Crippen molar-refractivity contribution in [3.63, 3.8) is 0 Å². The fourth-order valence-corrected chi connectivity index (χ4v) is 6.53. The lowest BCUT2D eigenvalue weighted by Gasteiger charge is -2.17. The molecule has 3 atom stereocenters. The van der Waals surface area contributed by atoms with Gasteiger partial charge in [-0.2, -0.15) is 0 Å². The zero-order valence-corrected chi connectivity index (χ0v) is 41.2. The van der Waals surface area contributed by atoms with Crippen molar-refractivity contribution in [1.29, 1.82) is 0 Å². The smallest absolute Gasteiger partial charge is 0.326 e. The number of carbonyl (C=O) groups is 10. The van der Waals surface area contributed by atoms with Crippen LogP contribution in [-0.2, 0) is 66.9 Å². The highest BCUT2D eigenvalue weighted by atomic mass is 16.5. The first-order valence-corrected chi connectivity index (χ1v) is 24.4. The van der Waals surface area contributed by atoms with E-state index in [2.05, 4.69) is 37.2 Å². The van der Waals surface area contributed by atoms with Crippen molar-refractivity contribution in [2.24, 2.45) is 0 Å². The van der Waals surface area contributed by atoms with Crippen LogP contribution in [0.1, 0.15) is 129 Å². The van der Waals surface area contributed by atoms with E-state index >= 15 is 0 Å². The van der Waals surface area contributed by atoms with Gasteiger partial charge in [0.1, 0.15) is 31.1 Å². The summed E-state index contributed by atoms with van der Waals surface area (Å²) in [6.45, 7) is 2.82. The van der Waals surface area contributed by atoms with Gasteiger partial charge in [0, 0.05) is 58.3 Å². The number of hydrogen-bond acceptors (Lipinski definition) is 15. The molecule has 70 heavy (non-hydrogen) atoms. The Bertz CT molecular complexity index is 1550. The first kappa shape index (κ1) is 64.7. The van der Waals surface area contributed by atoms with Gasteiger partial charge in [-0.1, -0.05) is 38.5 Å². The number of nitrogens with one attached hydrogen (secondary N) is 7. The Hall–Kier alpha value is -5.30. The van der Waals surface area contributed by atoms with E-state index < -0.39 is 60.7 Å². The molecule has 6 amide bonds. The maximum absolute atomic E-state index is 12.4. The van der Waals surface area contributed by atoms with Crippen LogP contribution in [0, 0.1) is 0 Å². The number of unbranched alkanes of at least 4 members (excludes halogenated alkanes) is 8. The highest BCUT2D eigenvalue weighted by molar-refractivity contribution is 5.87. The minimum Gasteiger partial charge on any atom is -0.481 e. The first-order valence-electron chi connectivity index (χ1n) is 24.4. The molecule has 0 heterocycles. The number of carboxylic acid groups (broad SMARTS) is 3. The molecule has 0 spiro atoms. The van der Waals surface area contributed by atoms with Gasteiger partial charge >= 0.3 is 17.9 Å². The van der Waals surface area contributed by atoms with E-state index in [4.69, 9.17) is 24.1 Å². The Morgan fingerprint density at radius 2 is 0.800 bits per heavy atom. The molecule has 0 aromatic heterocycles. The highest BCUT2D eigenvalue weighted by Gasteiger charge is 2.25. The molecule has 0 bridgehead atoms. The summed E-state index contributed by atoms with van der Waals surface area (Å²) in [7, 11) is 1.69. The lowest BCUT2D eigenvalue weighted by atomic mass is 10.1. The zero-order valence-electron chi connectivity index (χ0n) is 41.2. The molecular formula is C46H81N7O17. The lowest BCUT2D eigenvalue weighted by molar-refractivity contribution is -0.144. The van der Waals surface area contributed by atoms with Crippen LogP contribution in [0.2, 0.25) is 0 Å². The minimum atomic E-state index is -1.46. The third kappa shape index (κ3) is 40.6. The third-order valence-corrected chi connectivity index (χ3v) is 10.5. The van der Waals surface area contributed by atoms with Gasteiger partial charge in [-0.15, -0.1) is 0 Å². The predicted octanol–water partition coefficient (Wildman–Crippen LogP) is 0.330. The Morgan fingerprint density at radius 1 is 0.386 bits per heavy atom. The van der Waals surface area contributed by atoms with Crippen LogP contribution < -0.4 is 37.2 Å². The van der Waals surface area contributed by atoms with Crippen molar-refractivity contribution in [3.05, 3.63) is 0 Å². The second-order valence-corrected chi connectivity index (χ2v) is 16.5. The molecule has 24 nitrogen and oxygen atoms in total. The molecular weight excluding hydrogens is 923 g/mol. The maximum Gasteiger partial charge on any atom is 0.326 e. The number of aliphatic carboxylic acids is 3. The standard InChI is InChI=1S/C46H81N7O17/c1-34(54)35(47-2)14-11-12-22-48-40(57)20-18-36(45(63)64)52-41(58)21-19-37(46(65)66)53-43(60)33-70-31-29-68-27-25-51-42(59)32-69-30-28-67-26-24-50-39(56)16-13-23-49-38(55)15-9-7-5-3-4-6-8-10-17-44(61)62/h35-37,47H,3-33H2,1-2H3,(H,48,57)(H,49,55)(H,50,56)(H,51,59)(H,52,58)(H,53,60)(H,61,62)(H,63,64)(H,65,66)/t35-,36-,37-/m0/s1. The van der Waals surface area contributed by atoms with E-state index in [1.165, 1.54) is 6.92 Å². The average molecular weight is 1000 g/mol. The van der Waals surface area contributed by atoms with Crippen molar-refractivity contribution in [2.45, 2.75) is 147 Å². The van der Waals surface area contributed by atoms with Gasteiger partial charge in [-0.3, -0.25) is 38.4 Å². The molecule has 402 valence electrons. The van der Waals surface area contributed by atoms with E-state index in [0.29, 0.717) is 51.7 Å². The molecule has 0 aliphatic heterocycles. The van der Waals surface area contributed by atoms with Gasteiger partial charge in [-0.05, 0) is 65.3 Å². The number of ketones is 1. The molecule has 0 saturated heterocycles. The van der Waals surface area contributed by atoms with Gasteiger partial charge in [0.25, 0.3) is 0 Å². The molecule has 24 heteroatoms. The van der Waals surface area contributed by atoms with Crippen molar-refractivity contribution >= 4 is 59.1 Å². The van der Waals surface area contributed by atoms with Crippen LogP contribution >= 0.6 is 0 Å². The number of hydrogen-bond donors (Lipinski definition) is 10. The van der Waals surface area contributed by atoms with Crippen molar-refractivity contribution in [2.75, 3.05) is 86.1 Å². The zero-order chi connectivity index (χ0) is 52.2. The normalized spacial score (nSPS) is 12.2. The molecule has 0 aliphatic carbocycles. The topological polar surface area (TPSA) is 353 Å². The monoisotopic (exact) mass is 1000 g/mol. The summed E-state index contributed by atoms with van der Waals surface area (Å²) in [5, 5.41) is 45.9. The molecule has 0 saturated carbocycles. The van der Waals surface area contributed by atoms with Gasteiger partial charge in [0.15, 0.2) is 0 Å². The van der Waals surface area contributed by atoms with Gasteiger partial charge in [0.2, 0.25) is 35.4 Å². The third-order valence-electron chi connectivity index (χ3n) is 10.5. The van der Waals surface area contributed by atoms with Crippen molar-refractivity contribution in [1.82, 2.24) is 37.2 Å². The number of carboxylic acids is 3. The fraction of sp³-hybridized carbons (Fsp3) is 0.783. The summed E-state index contributed by atoms with van der Waals surface area (Å²) in [6, 6.07) is -3.11. The van der Waals surface area contributed by atoms with Crippen LogP contribution in [0.15, 0.2) is 0 Å². The quantitative estimate of drug-likeness (QED) is 0.0367. The second-order valence-electron chi connectivity index (χ2n) is 16.5. The first-order chi connectivity index (χ1) is 33.5. The Morgan fingerprint density at radius 3 is 1.31 bits per heavy atom. The Kier molecular flexibility index (Phi) is 40.4. The number of ether oxygens (including phenoxy) is 4. The van der Waals surface area contributed by atoms with Crippen molar-refractivity contribution in [3.8, 4) is 0 Å². The molecule has 0 fully saturated rings. The maximum atomic E-state index is 12.4. The van der Waals surface area contributed by atoms with Crippen LogP contribution in [0.25, 0.3) is 0 Å². The van der Waals surface area contributed by atoms with Gasteiger partial charge in [-0.25, -0.2) is 9.59 Å². The number of carbonyl (C=O) groups excluding carboxylic acids is 7. The predicted molar refractivity (Wildman–Crippen MR) is 253 cm³/mol. The summed E-state index contributed by atoms with van der Waals surface area (Å²) in [5.74, 6) is -6.03. The summed E-state index contributed by atoms with van der Waals surface area (Å²) >= 11 is 0. The van der Waals surface area contributed by atoms with E-state index in [1.807, 2.05) is 0 Å². The average Bonchev–Trinajstić information content (AvgIpc) is 3.30. The van der Waals surface area contributed by atoms with Crippen LogP contribution in [-0.4, -0.2) is 179 Å². The molecule has 0 radical (unpaired) electrons. The van der Waals surface area contributed by atoms with E-state index in [-0.39, 0.29) is 114 Å². The Balaban J connectivity index is 3.88. The SMILES string of the molecule is CN[C@@H](CCCCNC(=O)CC[C@H](NC(=O)CC[C@H](NC(=O)COCCOCCNC(=O)COCCOCCNC(=O)CCCNC(=O)CCCCCCCCCCC(=O)O)C(=O)O)C(=O)O)C(C)=O. The summed E-state index contributed by atoms with van der Waals surface area (Å²) < 4.78 is 21.2. The number of rotatable bonds is 48. The summed E-state index contributed by atoms with van der Waals surface area (Å²) in [6.07, 6.45) is 9.94. The molecule has 0 unspecified atom stereocenters. The van der Waals surface area contributed by atoms with Gasteiger partial charge < -0.3 is 71.5 Å². The van der Waals surface area contributed by atoms with Gasteiger partial charge in [0.05, 0.1) is 45.7 Å². The van der Waals surface area contributed by atoms with Crippen LogP contribution in [0.5, 0.6) is 0 Å². The highest BCUT2D eigenvalue weighted by Crippen LogP contribution is 2.11. The van der Waals surface area contributed by atoms with Crippen molar-refractivity contribution < 1.29 is 82.2 Å². The second kappa shape index (κ2) is 43.7. The molecule has 0 aromatic rings. The lowest BCUT2D eigenvalue weighted by Crippen LogP contribution is -2.45. The fourth-order valence-electron chi connectivity index (χ4n) is 6.53. The van der Waals surface area contributed by atoms with Crippen LogP contribution in [0.3, 0.4) is 0 Å². The molecule has 10 N–H and O–H groups in total. The largest absolute Gasteiger partial charge is 0.481 e. The Labute approximate surface area is 410 Å². The van der Waals surface area contributed by atoms with Crippen LogP contribution in [0.4, 0.5) is 0 Å². The summed E-state index contributed by atoms with van der Waals surface area (Å²) in [5.41, 5.74) is 0. The van der Waals surface area contributed by atoms with E-state index in [9.17, 15) is 58.2 Å². The number of amides is 6. The number of Topliss-reactive ketones (excluding diaryl/α,β-unsaturated/α-hetero) is 1. The number of likely N-dealkylation sites (N-methyl/N-ethyl adjacent to an activating group) is 1. The van der Waals surface area contributed by atoms with E-state index in [0.717, 1.165) is 51.4 Å².